The van der Waals surface area contributed by atoms with Gasteiger partial charge in [0, 0.05) is 6.04 Å². The molecule has 1 aromatic carbocycles. The zero-order valence-corrected chi connectivity index (χ0v) is 13.3. The number of carbonyl (C=O) groups excluding carboxylic acids is 1. The van der Waals surface area contributed by atoms with Gasteiger partial charge in [-0.05, 0) is 37.2 Å². The Hall–Kier alpha value is -1.82. The Morgan fingerprint density at radius 2 is 2.00 bits per heavy atom. The van der Waals surface area contributed by atoms with Crippen LogP contribution in [0.15, 0.2) is 24.3 Å². The molecule has 5 nitrogen and oxygen atoms in total. The highest BCUT2D eigenvalue weighted by molar-refractivity contribution is 7.80. The topological polar surface area (TPSA) is 67.6 Å². The van der Waals surface area contributed by atoms with Gasteiger partial charge in [-0.1, -0.05) is 31.4 Å². The molecule has 0 aromatic heterocycles. The van der Waals surface area contributed by atoms with Crippen LogP contribution in [0.2, 0.25) is 0 Å². The molecule has 1 amide bonds. The second-order valence-electron chi connectivity index (χ2n) is 5.87. The fourth-order valence-corrected chi connectivity index (χ4v) is 3.41. The van der Waals surface area contributed by atoms with Gasteiger partial charge in [0.05, 0.1) is 12.2 Å². The Morgan fingerprint density at radius 3 is 2.73 bits per heavy atom. The second kappa shape index (κ2) is 6.52. The normalized spacial score (nSPS) is 21.6. The van der Waals surface area contributed by atoms with Crippen LogP contribution in [0, 0.1) is 0 Å². The molecule has 1 unspecified atom stereocenters. The first kappa shape index (κ1) is 15.1. The number of hydrogen-bond acceptors (Lipinski definition) is 3. The van der Waals surface area contributed by atoms with E-state index in [-0.39, 0.29) is 0 Å². The minimum Gasteiger partial charge on any atom is -0.477 e. The minimum absolute atomic E-state index is 0.352. The Bertz CT molecular complexity index is 572. The molecule has 118 valence electrons. The summed E-state index contributed by atoms with van der Waals surface area (Å²) in [5, 5.41) is 4.09. The van der Waals surface area contributed by atoms with Gasteiger partial charge in [-0.3, -0.25) is 4.79 Å². The fourth-order valence-electron chi connectivity index (χ4n) is 3.07. The number of ether oxygens (including phenoxy) is 1. The summed E-state index contributed by atoms with van der Waals surface area (Å²) in [4.78, 5) is 13.5. The van der Waals surface area contributed by atoms with Gasteiger partial charge in [0.15, 0.2) is 11.2 Å². The van der Waals surface area contributed by atoms with Gasteiger partial charge in [-0.15, -0.1) is 0 Å². The van der Waals surface area contributed by atoms with Crippen molar-refractivity contribution >= 4 is 28.9 Å². The lowest BCUT2D eigenvalue weighted by Crippen LogP contribution is -2.53. The van der Waals surface area contributed by atoms with Gasteiger partial charge in [0.25, 0.3) is 5.91 Å². The van der Waals surface area contributed by atoms with Crippen molar-refractivity contribution in [3.05, 3.63) is 24.3 Å². The van der Waals surface area contributed by atoms with Crippen molar-refractivity contribution in [3.63, 3.8) is 0 Å². The molecule has 0 saturated heterocycles. The van der Waals surface area contributed by atoms with E-state index < -0.39 is 12.0 Å². The molecule has 1 aliphatic heterocycles. The summed E-state index contributed by atoms with van der Waals surface area (Å²) in [6.45, 7) is 0.352. The predicted molar refractivity (Wildman–Crippen MR) is 90.0 cm³/mol. The molecule has 3 rings (SSSR count). The molecule has 0 bridgehead atoms. The van der Waals surface area contributed by atoms with Crippen LogP contribution in [-0.4, -0.2) is 29.7 Å². The van der Waals surface area contributed by atoms with Gasteiger partial charge < -0.3 is 20.7 Å². The Balaban J connectivity index is 1.78. The number of rotatable bonds is 2. The van der Waals surface area contributed by atoms with E-state index in [9.17, 15) is 4.79 Å². The highest BCUT2D eigenvalue weighted by Crippen LogP contribution is 2.33. The lowest BCUT2D eigenvalue weighted by molar-refractivity contribution is -0.124. The molecule has 1 heterocycles. The summed E-state index contributed by atoms with van der Waals surface area (Å²) >= 11 is 5.58. The number of anilines is 1. The van der Waals surface area contributed by atoms with Crippen LogP contribution in [-0.2, 0) is 4.79 Å². The predicted octanol–water partition coefficient (Wildman–Crippen LogP) is 1.95. The lowest BCUT2D eigenvalue weighted by atomic mass is 9.96. The second-order valence-corrected chi connectivity index (χ2v) is 6.26. The summed E-state index contributed by atoms with van der Waals surface area (Å²) in [5.41, 5.74) is 6.30. The largest absolute Gasteiger partial charge is 0.477 e. The summed E-state index contributed by atoms with van der Waals surface area (Å²) < 4.78 is 5.66. The SMILES string of the molecule is NC(=O)C1CN(C(=S)NC2CCCCC2)c2ccccc2O1. The van der Waals surface area contributed by atoms with E-state index in [1.54, 1.807) is 0 Å². The number of thiocarbonyl (C=S) groups is 1. The number of nitrogens with two attached hydrogens (primary N) is 1. The number of primary amides is 1. The summed E-state index contributed by atoms with van der Waals surface area (Å²) in [6, 6.07) is 8.01. The van der Waals surface area contributed by atoms with Crippen LogP contribution in [0.3, 0.4) is 0 Å². The van der Waals surface area contributed by atoms with Crippen LogP contribution in [0.5, 0.6) is 5.75 Å². The van der Waals surface area contributed by atoms with Crippen molar-refractivity contribution < 1.29 is 9.53 Å². The van der Waals surface area contributed by atoms with E-state index in [4.69, 9.17) is 22.7 Å². The Kier molecular flexibility index (Phi) is 4.47. The minimum atomic E-state index is -0.680. The standard InChI is InChI=1S/C16H21N3O2S/c17-15(20)14-10-19(12-8-4-5-9-13(12)21-14)16(22)18-11-6-2-1-3-7-11/h4-5,8-9,11,14H,1-3,6-7,10H2,(H2,17,20)(H,18,22). The van der Waals surface area contributed by atoms with E-state index >= 15 is 0 Å². The molecular weight excluding hydrogens is 298 g/mol. The molecule has 0 radical (unpaired) electrons. The first-order valence-corrected chi connectivity index (χ1v) is 8.19. The Morgan fingerprint density at radius 1 is 1.27 bits per heavy atom. The van der Waals surface area contributed by atoms with E-state index in [2.05, 4.69) is 5.32 Å². The van der Waals surface area contributed by atoms with E-state index in [0.29, 0.717) is 23.4 Å². The summed E-state index contributed by atoms with van der Waals surface area (Å²) in [7, 11) is 0. The molecule has 1 saturated carbocycles. The van der Waals surface area contributed by atoms with Crippen molar-refractivity contribution in [2.45, 2.75) is 44.2 Å². The molecule has 22 heavy (non-hydrogen) atoms. The first-order valence-electron chi connectivity index (χ1n) is 7.78. The molecule has 1 atom stereocenters. The number of carbonyl (C=O) groups is 1. The van der Waals surface area contributed by atoms with Crippen LogP contribution >= 0.6 is 12.2 Å². The molecule has 3 N–H and O–H groups in total. The smallest absolute Gasteiger partial charge is 0.260 e. The van der Waals surface area contributed by atoms with Crippen LogP contribution in [0.1, 0.15) is 32.1 Å². The average molecular weight is 319 g/mol. The molecule has 0 spiro atoms. The first-order chi connectivity index (χ1) is 10.6. The van der Waals surface area contributed by atoms with Crippen LogP contribution in [0.25, 0.3) is 0 Å². The molecule has 6 heteroatoms. The van der Waals surface area contributed by atoms with Gasteiger partial charge in [-0.25, -0.2) is 0 Å². The van der Waals surface area contributed by atoms with Crippen molar-refractivity contribution in [1.29, 1.82) is 0 Å². The zero-order chi connectivity index (χ0) is 15.5. The highest BCUT2D eigenvalue weighted by atomic mass is 32.1. The fraction of sp³-hybridized carbons (Fsp3) is 0.500. The van der Waals surface area contributed by atoms with Crippen molar-refractivity contribution in [1.82, 2.24) is 5.32 Å². The highest BCUT2D eigenvalue weighted by Gasteiger charge is 2.31. The third-order valence-corrected chi connectivity index (χ3v) is 4.61. The molecule has 1 aliphatic carbocycles. The third kappa shape index (κ3) is 3.16. The number of benzene rings is 1. The molecule has 1 fully saturated rings. The van der Waals surface area contributed by atoms with E-state index in [0.717, 1.165) is 18.5 Å². The van der Waals surface area contributed by atoms with Crippen molar-refractivity contribution in [2.75, 3.05) is 11.4 Å². The lowest BCUT2D eigenvalue weighted by Gasteiger charge is -2.36. The molecule has 2 aliphatic rings. The number of nitrogens with zero attached hydrogens (tertiary/aromatic N) is 1. The number of amides is 1. The Labute approximate surface area is 135 Å². The summed E-state index contributed by atoms with van der Waals surface area (Å²) in [6.07, 6.45) is 5.39. The number of fused-ring (bicyclic) bond motifs is 1. The van der Waals surface area contributed by atoms with Crippen LogP contribution in [0.4, 0.5) is 5.69 Å². The van der Waals surface area contributed by atoms with E-state index in [1.165, 1.54) is 19.3 Å². The number of para-hydroxylation sites is 2. The van der Waals surface area contributed by atoms with Crippen LogP contribution < -0.4 is 20.7 Å². The number of hydrogen-bond donors (Lipinski definition) is 2. The average Bonchev–Trinajstić information content (AvgIpc) is 2.54. The maximum Gasteiger partial charge on any atom is 0.260 e. The van der Waals surface area contributed by atoms with Gasteiger partial charge >= 0.3 is 0 Å². The van der Waals surface area contributed by atoms with Gasteiger partial charge in [0.2, 0.25) is 0 Å². The third-order valence-electron chi connectivity index (χ3n) is 4.27. The van der Waals surface area contributed by atoms with Gasteiger partial charge in [0.1, 0.15) is 5.75 Å². The monoisotopic (exact) mass is 319 g/mol. The quantitative estimate of drug-likeness (QED) is 0.816. The maximum absolute atomic E-state index is 11.5. The molecular formula is C16H21N3O2S. The number of nitrogens with one attached hydrogen (secondary N) is 1. The zero-order valence-electron chi connectivity index (χ0n) is 12.5. The molecule has 1 aromatic rings. The van der Waals surface area contributed by atoms with E-state index in [1.807, 2.05) is 29.2 Å². The maximum atomic E-state index is 11.5. The summed E-state index contributed by atoms with van der Waals surface area (Å²) in [5.74, 6) is 0.172. The van der Waals surface area contributed by atoms with Crippen molar-refractivity contribution in [3.8, 4) is 5.75 Å². The van der Waals surface area contributed by atoms with Crippen molar-refractivity contribution in [2.24, 2.45) is 5.73 Å². The van der Waals surface area contributed by atoms with Gasteiger partial charge in [-0.2, -0.15) is 0 Å².